The predicted octanol–water partition coefficient (Wildman–Crippen LogP) is 2.43. The molecule has 0 radical (unpaired) electrons. The van der Waals surface area contributed by atoms with Crippen molar-refractivity contribution < 1.29 is 23.0 Å². The molecule has 0 aromatic heterocycles. The summed E-state index contributed by atoms with van der Waals surface area (Å²) in [4.78, 5) is 2.11. The van der Waals surface area contributed by atoms with Gasteiger partial charge in [0.25, 0.3) is 0 Å². The maximum absolute atomic E-state index is 13.5. The topological polar surface area (TPSA) is 79.3 Å². The summed E-state index contributed by atoms with van der Waals surface area (Å²) in [6.45, 7) is 4.31. The van der Waals surface area contributed by atoms with Gasteiger partial charge in [0.15, 0.2) is 0 Å². The molecule has 2 aromatic carbocycles. The van der Waals surface area contributed by atoms with E-state index in [1.54, 1.807) is 32.2 Å². The van der Waals surface area contributed by atoms with E-state index in [-0.39, 0.29) is 35.8 Å². The number of nitrogens with zero attached hydrogens (tertiary/aromatic N) is 2. The molecule has 0 saturated heterocycles. The van der Waals surface area contributed by atoms with Crippen molar-refractivity contribution in [1.29, 1.82) is 0 Å². The predicted molar refractivity (Wildman–Crippen MR) is 128 cm³/mol. The molecule has 1 heterocycles. The van der Waals surface area contributed by atoms with E-state index >= 15 is 0 Å². The Morgan fingerprint density at radius 1 is 1.21 bits per heavy atom. The summed E-state index contributed by atoms with van der Waals surface area (Å²) < 4.78 is 39.9. The van der Waals surface area contributed by atoms with Crippen LogP contribution in [0.4, 0.5) is 0 Å². The lowest BCUT2D eigenvalue weighted by Gasteiger charge is -2.37. The molecule has 33 heavy (non-hydrogen) atoms. The van der Waals surface area contributed by atoms with Gasteiger partial charge in [-0.2, -0.15) is 4.31 Å². The van der Waals surface area contributed by atoms with Gasteiger partial charge < -0.3 is 19.5 Å². The largest absolute Gasteiger partial charge is 0.497 e. The first-order valence-corrected chi connectivity index (χ1v) is 12.3. The number of sulfonamides is 1. The van der Waals surface area contributed by atoms with Crippen molar-refractivity contribution in [3.63, 3.8) is 0 Å². The molecule has 0 bridgehead atoms. The molecule has 0 saturated carbocycles. The van der Waals surface area contributed by atoms with E-state index < -0.39 is 16.1 Å². The highest BCUT2D eigenvalue weighted by Gasteiger charge is 2.37. The first-order chi connectivity index (χ1) is 15.6. The van der Waals surface area contributed by atoms with Crippen LogP contribution >= 0.6 is 0 Å². The normalized spacial score (nSPS) is 21.1. The van der Waals surface area contributed by atoms with E-state index in [4.69, 9.17) is 9.47 Å². The average molecular weight is 473 g/mol. The monoisotopic (exact) mass is 472 g/mol. The average Bonchev–Trinajstić information content (AvgIpc) is 2.79. The molecule has 1 aliphatic heterocycles. The van der Waals surface area contributed by atoms with E-state index in [0.29, 0.717) is 17.9 Å². The summed E-state index contributed by atoms with van der Waals surface area (Å²) in [5.74, 6) is 7.09. The lowest BCUT2D eigenvalue weighted by atomic mass is 10.0. The second-order valence-electron chi connectivity index (χ2n) is 8.65. The van der Waals surface area contributed by atoms with Gasteiger partial charge in [0.05, 0.1) is 13.7 Å². The molecule has 0 fully saturated rings. The van der Waals surface area contributed by atoms with E-state index in [0.717, 1.165) is 5.56 Å². The minimum Gasteiger partial charge on any atom is -0.497 e. The number of aliphatic hydroxyl groups excluding tert-OH is 1. The fraction of sp³-hybridized carbons (Fsp3) is 0.440. The van der Waals surface area contributed by atoms with Gasteiger partial charge in [-0.3, -0.25) is 0 Å². The smallest absolute Gasteiger partial charge is 0.247 e. The molecule has 0 amide bonds. The zero-order valence-electron chi connectivity index (χ0n) is 19.8. The summed E-state index contributed by atoms with van der Waals surface area (Å²) in [5, 5.41) is 9.71. The summed E-state index contributed by atoms with van der Waals surface area (Å²) in [6, 6.07) is 11.8. The molecule has 0 unspecified atom stereocenters. The Labute approximate surface area is 197 Å². The molecular weight excluding hydrogens is 440 g/mol. The number of hydrogen-bond acceptors (Lipinski definition) is 6. The van der Waals surface area contributed by atoms with Crippen molar-refractivity contribution in [1.82, 2.24) is 9.21 Å². The number of rotatable bonds is 5. The van der Waals surface area contributed by atoms with Crippen LogP contribution in [0, 0.1) is 17.8 Å². The summed E-state index contributed by atoms with van der Waals surface area (Å²) in [5.41, 5.74) is 1.43. The number of methoxy groups -OCH3 is 1. The second-order valence-corrected chi connectivity index (χ2v) is 10.5. The van der Waals surface area contributed by atoms with Crippen molar-refractivity contribution in [3.8, 4) is 23.3 Å². The second kappa shape index (κ2) is 10.6. The molecule has 178 valence electrons. The van der Waals surface area contributed by atoms with Crippen LogP contribution in [0.3, 0.4) is 0 Å². The van der Waals surface area contributed by atoms with Crippen molar-refractivity contribution >= 4 is 10.0 Å². The van der Waals surface area contributed by atoms with E-state index in [2.05, 4.69) is 11.8 Å². The fourth-order valence-corrected chi connectivity index (χ4v) is 5.55. The standard InChI is InChI=1S/C25H32N2O5S/c1-18-15-27(19(2)17-28)33(29,30)25-12-11-21(14-23(25)32-24(18)16-26(3)4)10-9-20-7-6-8-22(13-20)31-5/h6-8,11-14,18-19,24,28H,15-17H2,1-5H3/t18-,19+,24+/m1/s1. The third-order valence-corrected chi connectivity index (χ3v) is 7.65. The molecule has 3 atom stereocenters. The Balaban J connectivity index is 2.06. The quantitative estimate of drug-likeness (QED) is 0.674. The number of aliphatic hydroxyl groups is 1. The van der Waals surface area contributed by atoms with Crippen LogP contribution in [-0.2, 0) is 10.0 Å². The fourth-order valence-electron chi connectivity index (χ4n) is 3.73. The van der Waals surface area contributed by atoms with Gasteiger partial charge in [-0.1, -0.05) is 24.8 Å². The number of likely N-dealkylation sites (N-methyl/N-ethyl adjacent to an activating group) is 1. The van der Waals surface area contributed by atoms with Crippen LogP contribution < -0.4 is 9.47 Å². The maximum Gasteiger partial charge on any atom is 0.247 e. The Kier molecular flexibility index (Phi) is 8.03. The van der Waals surface area contributed by atoms with Crippen LogP contribution in [0.5, 0.6) is 11.5 Å². The Morgan fingerprint density at radius 2 is 1.91 bits per heavy atom. The summed E-state index contributed by atoms with van der Waals surface area (Å²) >= 11 is 0. The molecular formula is C25H32N2O5S. The molecule has 8 heteroatoms. The minimum absolute atomic E-state index is 0.0872. The van der Waals surface area contributed by atoms with Gasteiger partial charge in [-0.05, 0) is 57.4 Å². The Hall–Kier alpha value is -2.57. The number of fused-ring (bicyclic) bond motifs is 1. The van der Waals surface area contributed by atoms with E-state index in [1.807, 2.05) is 50.2 Å². The van der Waals surface area contributed by atoms with Crippen LogP contribution in [0.2, 0.25) is 0 Å². The Bertz CT molecular complexity index is 1140. The molecule has 1 N–H and O–H groups in total. The molecule has 0 aliphatic carbocycles. The molecule has 0 spiro atoms. The van der Waals surface area contributed by atoms with Crippen molar-refractivity contribution in [3.05, 3.63) is 53.6 Å². The van der Waals surface area contributed by atoms with Crippen molar-refractivity contribution in [2.45, 2.75) is 30.9 Å². The van der Waals surface area contributed by atoms with E-state index in [9.17, 15) is 13.5 Å². The van der Waals surface area contributed by atoms with Crippen LogP contribution in [0.15, 0.2) is 47.4 Å². The zero-order chi connectivity index (χ0) is 24.2. The van der Waals surface area contributed by atoms with Crippen molar-refractivity contribution in [2.75, 3.05) is 40.9 Å². The maximum atomic E-state index is 13.5. The highest BCUT2D eigenvalue weighted by atomic mass is 32.2. The molecule has 3 rings (SSSR count). The first-order valence-electron chi connectivity index (χ1n) is 10.9. The third-order valence-electron chi connectivity index (χ3n) is 5.63. The highest BCUT2D eigenvalue weighted by Crippen LogP contribution is 2.34. The lowest BCUT2D eigenvalue weighted by molar-refractivity contribution is 0.0812. The minimum atomic E-state index is -3.86. The van der Waals surface area contributed by atoms with Gasteiger partial charge >= 0.3 is 0 Å². The summed E-state index contributed by atoms with van der Waals surface area (Å²) in [7, 11) is 1.65. The van der Waals surface area contributed by atoms with Gasteiger partial charge in [0.1, 0.15) is 22.5 Å². The van der Waals surface area contributed by atoms with Gasteiger partial charge in [0, 0.05) is 36.2 Å². The van der Waals surface area contributed by atoms with Crippen LogP contribution in [-0.4, -0.2) is 75.8 Å². The SMILES string of the molecule is COc1cccc(C#Cc2ccc3c(c2)O[C@@H](CN(C)C)[C@H](C)CN([C@@H](C)CO)S3(=O)=O)c1. The van der Waals surface area contributed by atoms with Gasteiger partial charge in [-0.15, -0.1) is 0 Å². The first kappa shape index (κ1) is 25.1. The molecule has 1 aliphatic rings. The zero-order valence-corrected chi connectivity index (χ0v) is 20.6. The highest BCUT2D eigenvalue weighted by molar-refractivity contribution is 7.89. The van der Waals surface area contributed by atoms with Crippen LogP contribution in [0.1, 0.15) is 25.0 Å². The Morgan fingerprint density at radius 3 is 2.55 bits per heavy atom. The number of benzene rings is 2. The molecule has 7 nitrogen and oxygen atoms in total. The van der Waals surface area contributed by atoms with Crippen molar-refractivity contribution in [2.24, 2.45) is 5.92 Å². The number of ether oxygens (including phenoxy) is 2. The summed E-state index contributed by atoms with van der Waals surface area (Å²) in [6.07, 6.45) is -0.232. The van der Waals surface area contributed by atoms with E-state index in [1.165, 1.54) is 4.31 Å². The third kappa shape index (κ3) is 5.87. The number of hydrogen-bond donors (Lipinski definition) is 1. The van der Waals surface area contributed by atoms with Crippen LogP contribution in [0.25, 0.3) is 0 Å². The van der Waals surface area contributed by atoms with Gasteiger partial charge in [0.2, 0.25) is 10.0 Å². The molecule has 2 aromatic rings. The van der Waals surface area contributed by atoms with Gasteiger partial charge in [-0.25, -0.2) is 8.42 Å². The lowest BCUT2D eigenvalue weighted by Crippen LogP contribution is -2.49.